The predicted molar refractivity (Wildman–Crippen MR) is 76.4 cm³/mol. The zero-order valence-corrected chi connectivity index (χ0v) is 13.1. The molecule has 0 bridgehead atoms. The van der Waals surface area contributed by atoms with Gasteiger partial charge in [0.05, 0.1) is 12.2 Å². The Balaban J connectivity index is 4.15. The molecule has 0 aliphatic carbocycles. The Morgan fingerprint density at radius 3 is 1.88 bits per heavy atom. The van der Waals surface area contributed by atoms with Crippen LogP contribution in [0.5, 0.6) is 0 Å². The van der Waals surface area contributed by atoms with Crippen molar-refractivity contribution in [2.45, 2.75) is 79.6 Å². The molecule has 2 unspecified atom stereocenters. The molecule has 17 heavy (non-hydrogen) atoms. The summed E-state index contributed by atoms with van der Waals surface area (Å²) in [6.45, 7) is 18.7. The molecule has 0 aromatic rings. The first-order valence-electron chi connectivity index (χ1n) is 7.02. The largest absolute Gasteiger partial charge is 0.374 e. The van der Waals surface area contributed by atoms with Crippen molar-refractivity contribution in [2.24, 2.45) is 11.8 Å². The molecule has 0 aromatic heterocycles. The van der Waals surface area contributed by atoms with Crippen LogP contribution in [0.3, 0.4) is 0 Å². The number of hydrogen-bond donors (Lipinski definition) is 1. The minimum absolute atomic E-state index is 0.164. The molecule has 0 fully saturated rings. The van der Waals surface area contributed by atoms with Gasteiger partial charge in [-0.25, -0.2) is 0 Å². The molecule has 2 nitrogen and oxygen atoms in total. The second-order valence-corrected chi connectivity index (χ2v) is 6.99. The molecule has 2 atom stereocenters. The molecule has 0 aliphatic rings. The molecule has 0 radical (unpaired) electrons. The quantitative estimate of drug-likeness (QED) is 0.733. The lowest BCUT2D eigenvalue weighted by atomic mass is 10.0. The first-order valence-corrected chi connectivity index (χ1v) is 7.02. The molecule has 0 amide bonds. The molecule has 104 valence electrons. The second kappa shape index (κ2) is 7.38. The van der Waals surface area contributed by atoms with Crippen molar-refractivity contribution < 1.29 is 4.74 Å². The van der Waals surface area contributed by atoms with Crippen LogP contribution in [0.4, 0.5) is 0 Å². The highest BCUT2D eigenvalue weighted by Crippen LogP contribution is 2.15. The SMILES string of the molecule is CC(C)CC(C)OC(CNC(C)(C)C)C(C)C. The van der Waals surface area contributed by atoms with Gasteiger partial charge >= 0.3 is 0 Å². The smallest absolute Gasteiger partial charge is 0.0726 e. The van der Waals surface area contributed by atoms with Gasteiger partial charge in [0, 0.05) is 12.1 Å². The fourth-order valence-electron chi connectivity index (χ4n) is 1.87. The van der Waals surface area contributed by atoms with E-state index in [0.29, 0.717) is 24.0 Å². The van der Waals surface area contributed by atoms with Crippen LogP contribution in [-0.2, 0) is 4.74 Å². The summed E-state index contributed by atoms with van der Waals surface area (Å²) >= 11 is 0. The van der Waals surface area contributed by atoms with Crippen molar-refractivity contribution in [3.05, 3.63) is 0 Å². The summed E-state index contributed by atoms with van der Waals surface area (Å²) in [4.78, 5) is 0. The van der Waals surface area contributed by atoms with Gasteiger partial charge in [0.2, 0.25) is 0 Å². The van der Waals surface area contributed by atoms with Crippen molar-refractivity contribution in [1.29, 1.82) is 0 Å². The summed E-state index contributed by atoms with van der Waals surface area (Å²) in [6.07, 6.45) is 1.80. The van der Waals surface area contributed by atoms with Crippen LogP contribution in [0.25, 0.3) is 0 Å². The van der Waals surface area contributed by atoms with Crippen molar-refractivity contribution in [1.82, 2.24) is 5.32 Å². The summed E-state index contributed by atoms with van der Waals surface area (Å²) in [5.41, 5.74) is 0.164. The first kappa shape index (κ1) is 16.9. The van der Waals surface area contributed by atoms with E-state index >= 15 is 0 Å². The Bertz CT molecular complexity index is 194. The molecular weight excluding hydrogens is 210 g/mol. The van der Waals surface area contributed by atoms with Gasteiger partial charge in [0.25, 0.3) is 0 Å². The molecule has 0 saturated carbocycles. The molecule has 0 aliphatic heterocycles. The first-order chi connectivity index (χ1) is 7.61. The van der Waals surface area contributed by atoms with Crippen LogP contribution in [-0.4, -0.2) is 24.3 Å². The Hall–Kier alpha value is -0.0800. The Kier molecular flexibility index (Phi) is 7.34. The van der Waals surface area contributed by atoms with Gasteiger partial charge in [0.15, 0.2) is 0 Å². The zero-order chi connectivity index (χ0) is 13.6. The Labute approximate surface area is 109 Å². The number of hydrogen-bond acceptors (Lipinski definition) is 2. The molecule has 2 heteroatoms. The topological polar surface area (TPSA) is 21.3 Å². The maximum Gasteiger partial charge on any atom is 0.0726 e. The van der Waals surface area contributed by atoms with Crippen LogP contribution < -0.4 is 5.32 Å². The summed E-state index contributed by atoms with van der Waals surface area (Å²) < 4.78 is 6.16. The number of rotatable bonds is 7. The van der Waals surface area contributed by atoms with Crippen molar-refractivity contribution >= 4 is 0 Å². The van der Waals surface area contributed by atoms with E-state index in [2.05, 4.69) is 60.7 Å². The molecule has 0 rings (SSSR count). The van der Waals surface area contributed by atoms with Crippen LogP contribution in [0, 0.1) is 11.8 Å². The Morgan fingerprint density at radius 2 is 1.53 bits per heavy atom. The average Bonchev–Trinajstić information content (AvgIpc) is 2.08. The van der Waals surface area contributed by atoms with E-state index in [1.54, 1.807) is 0 Å². The fraction of sp³-hybridized carbons (Fsp3) is 1.00. The molecular formula is C15H33NO. The summed E-state index contributed by atoms with van der Waals surface area (Å²) in [7, 11) is 0. The van der Waals surface area contributed by atoms with Gasteiger partial charge in [-0.05, 0) is 46.0 Å². The zero-order valence-electron chi connectivity index (χ0n) is 13.1. The summed E-state index contributed by atoms with van der Waals surface area (Å²) in [5.74, 6) is 1.26. The van der Waals surface area contributed by atoms with Crippen LogP contribution >= 0.6 is 0 Å². The maximum atomic E-state index is 6.16. The highest BCUT2D eigenvalue weighted by Gasteiger charge is 2.20. The van der Waals surface area contributed by atoms with Gasteiger partial charge in [0.1, 0.15) is 0 Å². The van der Waals surface area contributed by atoms with Gasteiger partial charge in [-0.2, -0.15) is 0 Å². The minimum Gasteiger partial charge on any atom is -0.374 e. The highest BCUT2D eigenvalue weighted by molar-refractivity contribution is 4.76. The van der Waals surface area contributed by atoms with Crippen molar-refractivity contribution in [3.8, 4) is 0 Å². The summed E-state index contributed by atoms with van der Waals surface area (Å²) in [5, 5.41) is 3.54. The van der Waals surface area contributed by atoms with Gasteiger partial charge in [-0.3, -0.25) is 0 Å². The van der Waals surface area contributed by atoms with E-state index < -0.39 is 0 Å². The molecule has 1 N–H and O–H groups in total. The van der Waals surface area contributed by atoms with Gasteiger partial charge in [-0.1, -0.05) is 27.7 Å². The lowest BCUT2D eigenvalue weighted by Crippen LogP contribution is -2.44. The third kappa shape index (κ3) is 9.61. The lowest BCUT2D eigenvalue weighted by Gasteiger charge is -2.30. The average molecular weight is 243 g/mol. The third-order valence-electron chi connectivity index (χ3n) is 2.79. The van der Waals surface area contributed by atoms with E-state index in [1.807, 2.05) is 0 Å². The third-order valence-corrected chi connectivity index (χ3v) is 2.79. The van der Waals surface area contributed by atoms with Crippen LogP contribution in [0.2, 0.25) is 0 Å². The minimum atomic E-state index is 0.164. The molecule has 0 spiro atoms. The van der Waals surface area contributed by atoms with Gasteiger partial charge in [-0.15, -0.1) is 0 Å². The van der Waals surface area contributed by atoms with E-state index in [1.165, 1.54) is 0 Å². The molecule has 0 heterocycles. The molecule has 0 aromatic carbocycles. The lowest BCUT2D eigenvalue weighted by molar-refractivity contribution is -0.0361. The predicted octanol–water partition coefficient (Wildman–Crippen LogP) is 3.85. The van der Waals surface area contributed by atoms with Crippen LogP contribution in [0.15, 0.2) is 0 Å². The van der Waals surface area contributed by atoms with E-state index in [0.717, 1.165) is 13.0 Å². The summed E-state index contributed by atoms with van der Waals surface area (Å²) in [6, 6.07) is 0. The van der Waals surface area contributed by atoms with E-state index in [4.69, 9.17) is 4.74 Å². The normalized spacial score (nSPS) is 16.6. The van der Waals surface area contributed by atoms with Crippen LogP contribution in [0.1, 0.15) is 61.8 Å². The van der Waals surface area contributed by atoms with E-state index in [9.17, 15) is 0 Å². The van der Waals surface area contributed by atoms with Crippen molar-refractivity contribution in [3.63, 3.8) is 0 Å². The number of ether oxygens (including phenoxy) is 1. The molecule has 0 saturated heterocycles. The van der Waals surface area contributed by atoms with Crippen molar-refractivity contribution in [2.75, 3.05) is 6.54 Å². The monoisotopic (exact) mass is 243 g/mol. The fourth-order valence-corrected chi connectivity index (χ4v) is 1.87. The standard InChI is InChI=1S/C15H33NO/c1-11(2)9-13(5)17-14(12(3)4)10-16-15(6,7)8/h11-14,16H,9-10H2,1-8H3. The Morgan fingerprint density at radius 1 is 1.00 bits per heavy atom. The number of nitrogens with one attached hydrogen (secondary N) is 1. The maximum absolute atomic E-state index is 6.16. The highest BCUT2D eigenvalue weighted by atomic mass is 16.5. The van der Waals surface area contributed by atoms with Gasteiger partial charge < -0.3 is 10.1 Å². The second-order valence-electron chi connectivity index (χ2n) is 6.99. The van der Waals surface area contributed by atoms with E-state index in [-0.39, 0.29) is 5.54 Å².